The van der Waals surface area contributed by atoms with E-state index in [4.69, 9.17) is 4.74 Å². The fourth-order valence-corrected chi connectivity index (χ4v) is 1.81. The number of hydrogen-bond acceptors (Lipinski definition) is 4. The van der Waals surface area contributed by atoms with Crippen LogP contribution in [-0.4, -0.2) is 27.7 Å². The van der Waals surface area contributed by atoms with Gasteiger partial charge >= 0.3 is 0 Å². The number of hydrogen-bond donors (Lipinski definition) is 0. The molecule has 0 N–H and O–H groups in total. The molecule has 1 aromatic heterocycles. The molecular formula is C16H19N3O2. The van der Waals surface area contributed by atoms with E-state index in [1.165, 1.54) is 17.3 Å². The second-order valence-electron chi connectivity index (χ2n) is 5.72. The maximum Gasteiger partial charge on any atom is 0.186 e. The average molecular weight is 285 g/mol. The van der Waals surface area contributed by atoms with Crippen LogP contribution in [0.4, 0.5) is 0 Å². The fraction of sp³-hybridized carbons (Fsp3) is 0.312. The third-order valence-electron chi connectivity index (χ3n) is 3.00. The predicted octanol–water partition coefficient (Wildman–Crippen LogP) is 2.90. The molecule has 2 aromatic rings. The zero-order chi connectivity index (χ0) is 15.5. The van der Waals surface area contributed by atoms with Crippen LogP contribution in [0.25, 0.3) is 11.8 Å². The summed E-state index contributed by atoms with van der Waals surface area (Å²) in [6.45, 7) is 5.65. The fourth-order valence-electron chi connectivity index (χ4n) is 1.81. The van der Waals surface area contributed by atoms with Crippen molar-refractivity contribution in [2.75, 3.05) is 7.11 Å². The molecule has 2 rings (SSSR count). The largest absolute Gasteiger partial charge is 0.497 e. The van der Waals surface area contributed by atoms with Crippen molar-refractivity contribution in [3.05, 3.63) is 42.5 Å². The van der Waals surface area contributed by atoms with Gasteiger partial charge in [0.05, 0.1) is 7.11 Å². The Kier molecular flexibility index (Phi) is 4.21. The third kappa shape index (κ3) is 3.56. The summed E-state index contributed by atoms with van der Waals surface area (Å²) in [6, 6.07) is 7.50. The summed E-state index contributed by atoms with van der Waals surface area (Å²) in [4.78, 5) is 16.5. The van der Waals surface area contributed by atoms with Gasteiger partial charge in [0.15, 0.2) is 5.78 Å². The molecule has 21 heavy (non-hydrogen) atoms. The van der Waals surface area contributed by atoms with E-state index in [1.54, 1.807) is 7.11 Å². The minimum Gasteiger partial charge on any atom is -0.497 e. The number of carbonyl (C=O) groups excluding carboxylic acids is 1. The number of ether oxygens (including phenoxy) is 1. The Morgan fingerprint density at radius 2 is 1.90 bits per heavy atom. The van der Waals surface area contributed by atoms with E-state index in [0.717, 1.165) is 11.3 Å². The lowest BCUT2D eigenvalue weighted by Crippen LogP contribution is -2.24. The van der Waals surface area contributed by atoms with Gasteiger partial charge in [-0.15, -0.1) is 0 Å². The molecule has 0 saturated heterocycles. The molecule has 0 unspecified atom stereocenters. The highest BCUT2D eigenvalue weighted by Gasteiger charge is 2.26. The van der Waals surface area contributed by atoms with Crippen LogP contribution in [0.2, 0.25) is 0 Å². The van der Waals surface area contributed by atoms with Crippen molar-refractivity contribution in [3.63, 3.8) is 0 Å². The standard InChI is InChI=1S/C16H19N3O2/c1-16(2,3)15(20)14(19-11-17-10-18-19)9-12-5-7-13(21-4)8-6-12/h5-11H,1-4H3. The van der Waals surface area contributed by atoms with E-state index in [2.05, 4.69) is 10.1 Å². The molecule has 0 spiro atoms. The van der Waals surface area contributed by atoms with Gasteiger partial charge in [0.2, 0.25) is 0 Å². The average Bonchev–Trinajstić information content (AvgIpc) is 2.97. The molecule has 110 valence electrons. The first-order valence-electron chi connectivity index (χ1n) is 6.67. The minimum atomic E-state index is -0.496. The van der Waals surface area contributed by atoms with E-state index in [-0.39, 0.29) is 5.78 Å². The van der Waals surface area contributed by atoms with E-state index < -0.39 is 5.41 Å². The number of benzene rings is 1. The van der Waals surface area contributed by atoms with Crippen LogP contribution in [0.15, 0.2) is 36.9 Å². The van der Waals surface area contributed by atoms with Crippen LogP contribution in [0, 0.1) is 5.41 Å². The van der Waals surface area contributed by atoms with Crippen molar-refractivity contribution in [2.24, 2.45) is 5.41 Å². The summed E-state index contributed by atoms with van der Waals surface area (Å²) in [5.74, 6) is 0.778. The van der Waals surface area contributed by atoms with Crippen molar-refractivity contribution < 1.29 is 9.53 Å². The Hall–Kier alpha value is -2.43. The van der Waals surface area contributed by atoms with Crippen LogP contribution in [0.1, 0.15) is 26.3 Å². The van der Waals surface area contributed by atoms with E-state index >= 15 is 0 Å². The SMILES string of the molecule is COc1ccc(C=C(C(=O)C(C)(C)C)n2cncn2)cc1. The molecule has 5 nitrogen and oxygen atoms in total. The molecule has 0 aliphatic carbocycles. The van der Waals surface area contributed by atoms with Gasteiger partial charge in [-0.05, 0) is 23.8 Å². The lowest BCUT2D eigenvalue weighted by atomic mass is 9.88. The maximum absolute atomic E-state index is 12.6. The number of rotatable bonds is 4. The number of aromatic nitrogens is 3. The summed E-state index contributed by atoms with van der Waals surface area (Å²) >= 11 is 0. The monoisotopic (exact) mass is 285 g/mol. The quantitative estimate of drug-likeness (QED) is 0.810. The Labute approximate surface area is 124 Å². The highest BCUT2D eigenvalue weighted by Crippen LogP contribution is 2.24. The highest BCUT2D eigenvalue weighted by atomic mass is 16.5. The molecule has 0 saturated carbocycles. The van der Waals surface area contributed by atoms with Gasteiger partial charge in [0, 0.05) is 5.41 Å². The normalized spacial score (nSPS) is 12.3. The van der Waals surface area contributed by atoms with Crippen LogP contribution in [0.3, 0.4) is 0 Å². The van der Waals surface area contributed by atoms with E-state index in [1.807, 2.05) is 51.1 Å². The lowest BCUT2D eigenvalue weighted by Gasteiger charge is -2.18. The third-order valence-corrected chi connectivity index (χ3v) is 3.00. The maximum atomic E-state index is 12.6. The summed E-state index contributed by atoms with van der Waals surface area (Å²) in [5.41, 5.74) is 0.897. The van der Waals surface area contributed by atoms with Crippen molar-refractivity contribution >= 4 is 17.6 Å². The second-order valence-corrected chi connectivity index (χ2v) is 5.72. The lowest BCUT2D eigenvalue weighted by molar-refractivity contribution is -0.120. The van der Waals surface area contributed by atoms with Crippen molar-refractivity contribution in [2.45, 2.75) is 20.8 Å². The zero-order valence-corrected chi connectivity index (χ0v) is 12.7. The first-order chi connectivity index (χ1) is 9.91. The summed E-state index contributed by atoms with van der Waals surface area (Å²) in [7, 11) is 1.62. The summed E-state index contributed by atoms with van der Waals surface area (Å²) in [6.07, 6.45) is 4.75. The number of carbonyl (C=O) groups is 1. The molecule has 0 aliphatic heterocycles. The first kappa shape index (κ1) is 15.0. The molecule has 1 aromatic carbocycles. The van der Waals surface area contributed by atoms with Crippen molar-refractivity contribution in [1.82, 2.24) is 14.8 Å². The molecule has 0 radical (unpaired) electrons. The number of methoxy groups -OCH3 is 1. The summed E-state index contributed by atoms with van der Waals surface area (Å²) in [5, 5.41) is 4.07. The molecule has 0 aliphatic rings. The molecule has 0 fully saturated rings. The van der Waals surface area contributed by atoms with Gasteiger partial charge in [-0.1, -0.05) is 32.9 Å². The zero-order valence-electron chi connectivity index (χ0n) is 12.7. The number of ketones is 1. The molecule has 0 amide bonds. The van der Waals surface area contributed by atoms with Crippen molar-refractivity contribution in [3.8, 4) is 5.75 Å². The van der Waals surface area contributed by atoms with Crippen LogP contribution >= 0.6 is 0 Å². The van der Waals surface area contributed by atoms with Crippen LogP contribution in [-0.2, 0) is 4.79 Å². The molecule has 1 heterocycles. The Morgan fingerprint density at radius 1 is 1.24 bits per heavy atom. The van der Waals surface area contributed by atoms with Gasteiger partial charge in [-0.25, -0.2) is 9.67 Å². The van der Waals surface area contributed by atoms with Gasteiger partial charge < -0.3 is 4.74 Å². The molecule has 5 heteroatoms. The van der Waals surface area contributed by atoms with Gasteiger partial charge in [0.25, 0.3) is 0 Å². The van der Waals surface area contributed by atoms with Crippen LogP contribution in [0.5, 0.6) is 5.75 Å². The Bertz CT molecular complexity index is 635. The highest BCUT2D eigenvalue weighted by molar-refractivity contribution is 6.21. The topological polar surface area (TPSA) is 57.0 Å². The van der Waals surface area contributed by atoms with Gasteiger partial charge in [-0.2, -0.15) is 5.10 Å². The van der Waals surface area contributed by atoms with Gasteiger partial charge in [0.1, 0.15) is 24.1 Å². The summed E-state index contributed by atoms with van der Waals surface area (Å²) < 4.78 is 6.63. The minimum absolute atomic E-state index is 0.00354. The Balaban J connectivity index is 2.44. The van der Waals surface area contributed by atoms with Crippen molar-refractivity contribution in [1.29, 1.82) is 0 Å². The molecule has 0 atom stereocenters. The van der Waals surface area contributed by atoms with Crippen LogP contribution < -0.4 is 4.74 Å². The molecular weight excluding hydrogens is 266 g/mol. The number of nitrogens with zero attached hydrogens (tertiary/aromatic N) is 3. The first-order valence-corrected chi connectivity index (χ1v) is 6.67. The molecule has 0 bridgehead atoms. The van der Waals surface area contributed by atoms with E-state index in [9.17, 15) is 4.79 Å². The van der Waals surface area contributed by atoms with E-state index in [0.29, 0.717) is 5.70 Å². The van der Waals surface area contributed by atoms with Gasteiger partial charge in [-0.3, -0.25) is 4.79 Å². The number of Topliss-reactive ketones (excluding diaryl/α,β-unsaturated/α-hetero) is 1. The smallest absolute Gasteiger partial charge is 0.186 e. The second kappa shape index (κ2) is 5.91. The Morgan fingerprint density at radius 3 is 2.38 bits per heavy atom. The number of allylic oxidation sites excluding steroid dienone is 1. The predicted molar refractivity (Wildman–Crippen MR) is 81.6 cm³/mol.